The van der Waals surface area contributed by atoms with Gasteiger partial charge >= 0.3 is 0 Å². The number of nitrogens with two attached hydrogens (primary N) is 2. The molecule has 0 aliphatic carbocycles. The van der Waals surface area contributed by atoms with E-state index in [9.17, 15) is 14.4 Å². The third-order valence-electron chi connectivity index (χ3n) is 7.92. The highest BCUT2D eigenvalue weighted by Gasteiger charge is 2.37. The zero-order valence-corrected chi connectivity index (χ0v) is 25.4. The first-order valence-corrected chi connectivity index (χ1v) is 15.0. The van der Waals surface area contributed by atoms with Crippen LogP contribution in [0.25, 0.3) is 10.8 Å². The fourth-order valence-electron chi connectivity index (χ4n) is 5.55. The molecule has 1 fully saturated rings. The maximum Gasteiger partial charge on any atom is 0.242 e. The number of fused-ring (bicyclic) bond motifs is 1. The van der Waals surface area contributed by atoms with E-state index in [1.165, 1.54) is 0 Å². The van der Waals surface area contributed by atoms with Crippen LogP contribution in [0.3, 0.4) is 0 Å². The second kappa shape index (κ2) is 15.7. The highest BCUT2D eigenvalue weighted by atomic mass is 16.5. The number of rotatable bonds is 13. The van der Waals surface area contributed by atoms with Gasteiger partial charge in [-0.05, 0) is 53.3 Å². The van der Waals surface area contributed by atoms with Crippen molar-refractivity contribution in [1.29, 1.82) is 0 Å². The van der Waals surface area contributed by atoms with E-state index in [1.54, 1.807) is 19.1 Å². The van der Waals surface area contributed by atoms with Gasteiger partial charge in [0, 0.05) is 39.1 Å². The lowest BCUT2D eigenvalue weighted by Gasteiger charge is -2.31. The Labute approximate surface area is 258 Å². The molecule has 1 saturated heterocycles. The van der Waals surface area contributed by atoms with Crippen LogP contribution in [-0.4, -0.2) is 80.5 Å². The van der Waals surface area contributed by atoms with Gasteiger partial charge in [-0.15, -0.1) is 0 Å². The highest BCUT2D eigenvalue weighted by Crippen LogP contribution is 2.21. The molecule has 0 aromatic heterocycles. The number of carbonyl (C=O) groups is 3. The molecule has 0 radical (unpaired) electrons. The van der Waals surface area contributed by atoms with E-state index in [2.05, 4.69) is 27.0 Å². The Morgan fingerprint density at radius 2 is 1.80 bits per heavy atom. The summed E-state index contributed by atoms with van der Waals surface area (Å²) in [6.07, 6.45) is 2.21. The molecule has 3 amide bonds. The van der Waals surface area contributed by atoms with E-state index >= 15 is 0 Å². The Balaban J connectivity index is 1.49. The van der Waals surface area contributed by atoms with Gasteiger partial charge in [-0.1, -0.05) is 54.6 Å². The predicted octanol–water partition coefficient (Wildman–Crippen LogP) is 1.48. The maximum absolute atomic E-state index is 14.0. The van der Waals surface area contributed by atoms with Crippen LogP contribution in [0.1, 0.15) is 30.4 Å². The van der Waals surface area contributed by atoms with Gasteiger partial charge in [0.15, 0.2) is 5.96 Å². The standard InChI is InChI=1S/C33H43N7O4/c1-36-31(42)29(19-23-9-12-24-6-3-4-7-25(24)18-23)40-17-15-26(39-28(32(40)43)8-5-16-37-33(34)35)21-38-30(41)20-22-10-13-27(44-2)14-11-22/h3-4,6-7,9-14,18,26,28-29,39H,5,8,15-17,19-21H2,1-2H3,(H,36,42)(H,38,41)(H4,34,35,37)/t26-,28+,29+/m1/s1. The normalized spacial score (nSPS) is 17.4. The Morgan fingerprint density at radius 1 is 1.07 bits per heavy atom. The van der Waals surface area contributed by atoms with Crippen molar-refractivity contribution < 1.29 is 19.1 Å². The number of methoxy groups -OCH3 is 1. The molecule has 0 spiro atoms. The van der Waals surface area contributed by atoms with Gasteiger partial charge < -0.3 is 37.1 Å². The van der Waals surface area contributed by atoms with Crippen molar-refractivity contribution in [3.8, 4) is 5.75 Å². The van der Waals surface area contributed by atoms with Gasteiger partial charge in [0.1, 0.15) is 11.8 Å². The van der Waals surface area contributed by atoms with E-state index in [-0.39, 0.29) is 36.1 Å². The number of likely N-dealkylation sites (N-methyl/N-ethyl adjacent to an activating group) is 1. The number of ether oxygens (including phenoxy) is 1. The lowest BCUT2D eigenvalue weighted by atomic mass is 9.99. The smallest absolute Gasteiger partial charge is 0.242 e. The molecular weight excluding hydrogens is 558 g/mol. The number of aliphatic imine (C=N–C) groups is 1. The van der Waals surface area contributed by atoms with Crippen LogP contribution in [0.15, 0.2) is 71.7 Å². The minimum Gasteiger partial charge on any atom is -0.497 e. The van der Waals surface area contributed by atoms with Gasteiger partial charge in [-0.3, -0.25) is 19.4 Å². The minimum atomic E-state index is -0.695. The summed E-state index contributed by atoms with van der Waals surface area (Å²) in [4.78, 5) is 45.8. The van der Waals surface area contributed by atoms with Crippen molar-refractivity contribution in [2.75, 3.05) is 33.8 Å². The van der Waals surface area contributed by atoms with Gasteiger partial charge in [0.25, 0.3) is 0 Å². The summed E-state index contributed by atoms with van der Waals surface area (Å²) >= 11 is 0. The second-order valence-corrected chi connectivity index (χ2v) is 11.0. The van der Waals surface area contributed by atoms with Crippen LogP contribution in [0, 0.1) is 0 Å². The van der Waals surface area contributed by atoms with E-state index in [1.807, 2.05) is 60.7 Å². The zero-order chi connectivity index (χ0) is 31.5. The molecule has 0 bridgehead atoms. The molecule has 0 unspecified atom stereocenters. The number of benzene rings is 3. The Hall–Kier alpha value is -4.64. The van der Waals surface area contributed by atoms with E-state index in [0.717, 1.165) is 27.6 Å². The number of amides is 3. The van der Waals surface area contributed by atoms with Crippen molar-refractivity contribution in [3.05, 3.63) is 77.9 Å². The average molecular weight is 602 g/mol. The van der Waals surface area contributed by atoms with Crippen molar-refractivity contribution in [2.24, 2.45) is 16.5 Å². The largest absolute Gasteiger partial charge is 0.497 e. The van der Waals surface area contributed by atoms with Crippen LogP contribution in [-0.2, 0) is 27.2 Å². The van der Waals surface area contributed by atoms with Crippen molar-refractivity contribution in [2.45, 2.75) is 50.2 Å². The van der Waals surface area contributed by atoms with Gasteiger partial charge in [0.05, 0.1) is 19.6 Å². The molecule has 11 nitrogen and oxygen atoms in total. The molecule has 7 N–H and O–H groups in total. The zero-order valence-electron chi connectivity index (χ0n) is 25.4. The lowest BCUT2D eigenvalue weighted by molar-refractivity contribution is -0.141. The molecule has 1 aliphatic rings. The lowest BCUT2D eigenvalue weighted by Crippen LogP contribution is -2.54. The summed E-state index contributed by atoms with van der Waals surface area (Å²) in [7, 11) is 3.19. The summed E-state index contributed by atoms with van der Waals surface area (Å²) in [5.74, 6) is 0.230. The molecular formula is C33H43N7O4. The van der Waals surface area contributed by atoms with Crippen molar-refractivity contribution in [1.82, 2.24) is 20.9 Å². The van der Waals surface area contributed by atoms with Crippen molar-refractivity contribution in [3.63, 3.8) is 0 Å². The summed E-state index contributed by atoms with van der Waals surface area (Å²) in [5, 5.41) is 11.4. The molecule has 3 aromatic rings. The van der Waals surface area contributed by atoms with Crippen LogP contribution in [0.2, 0.25) is 0 Å². The number of nitrogens with zero attached hydrogens (tertiary/aromatic N) is 2. The number of carbonyl (C=O) groups excluding carboxylic acids is 3. The van der Waals surface area contributed by atoms with Crippen LogP contribution in [0.5, 0.6) is 5.75 Å². The molecule has 3 aromatic carbocycles. The Kier molecular flexibility index (Phi) is 11.5. The minimum absolute atomic E-state index is 0.000654. The SMILES string of the molecule is CNC(=O)[C@H](Cc1ccc2ccccc2c1)N1CC[C@H](CNC(=O)Cc2ccc(OC)cc2)N[C@@H](CCCN=C(N)N)C1=O. The number of hydrogen-bond acceptors (Lipinski definition) is 6. The third kappa shape index (κ3) is 8.93. The topological polar surface area (TPSA) is 164 Å². The molecule has 0 saturated carbocycles. The average Bonchev–Trinajstić information content (AvgIpc) is 3.18. The third-order valence-corrected chi connectivity index (χ3v) is 7.92. The summed E-state index contributed by atoms with van der Waals surface area (Å²) in [6, 6.07) is 20.1. The molecule has 1 aliphatic heterocycles. The second-order valence-electron chi connectivity index (χ2n) is 11.0. The van der Waals surface area contributed by atoms with Crippen LogP contribution in [0.4, 0.5) is 0 Å². The first-order valence-electron chi connectivity index (χ1n) is 15.0. The molecule has 44 heavy (non-hydrogen) atoms. The molecule has 1 heterocycles. The monoisotopic (exact) mass is 601 g/mol. The Morgan fingerprint density at radius 3 is 2.50 bits per heavy atom. The predicted molar refractivity (Wildman–Crippen MR) is 172 cm³/mol. The number of nitrogens with one attached hydrogen (secondary N) is 3. The van der Waals surface area contributed by atoms with Crippen molar-refractivity contribution >= 4 is 34.5 Å². The summed E-state index contributed by atoms with van der Waals surface area (Å²) in [5.41, 5.74) is 12.8. The van der Waals surface area contributed by atoms with Crippen LogP contribution < -0.4 is 32.2 Å². The van der Waals surface area contributed by atoms with E-state index in [0.29, 0.717) is 45.3 Å². The summed E-state index contributed by atoms with van der Waals surface area (Å²) in [6.45, 7) is 1.09. The number of guanidine groups is 1. The fourth-order valence-corrected chi connectivity index (χ4v) is 5.55. The van der Waals surface area contributed by atoms with Crippen LogP contribution >= 0.6 is 0 Å². The molecule has 3 atom stereocenters. The summed E-state index contributed by atoms with van der Waals surface area (Å²) < 4.78 is 5.19. The van der Waals surface area contributed by atoms with E-state index < -0.39 is 12.1 Å². The Bertz CT molecular complexity index is 1460. The fraction of sp³-hybridized carbons (Fsp3) is 0.394. The number of hydrogen-bond donors (Lipinski definition) is 5. The molecule has 11 heteroatoms. The molecule has 4 rings (SSSR count). The first kappa shape index (κ1) is 32.3. The van der Waals surface area contributed by atoms with Gasteiger partial charge in [-0.2, -0.15) is 0 Å². The quantitative estimate of drug-likeness (QED) is 0.113. The van der Waals surface area contributed by atoms with E-state index in [4.69, 9.17) is 16.2 Å². The highest BCUT2D eigenvalue weighted by molar-refractivity contribution is 5.90. The van der Waals surface area contributed by atoms with Gasteiger partial charge in [0.2, 0.25) is 17.7 Å². The molecule has 234 valence electrons. The first-order chi connectivity index (χ1) is 21.3. The maximum atomic E-state index is 14.0. The van der Waals surface area contributed by atoms with Gasteiger partial charge in [-0.25, -0.2) is 0 Å².